The van der Waals surface area contributed by atoms with Gasteiger partial charge in [0.1, 0.15) is 24.7 Å². The molecule has 0 radical (unpaired) electrons. The maximum atomic E-state index is 9.72. The first kappa shape index (κ1) is 15.0. The van der Waals surface area contributed by atoms with Crippen molar-refractivity contribution in [1.82, 2.24) is 5.16 Å². The van der Waals surface area contributed by atoms with E-state index in [0.29, 0.717) is 23.8 Å². The largest absolute Gasteiger partial charge is 0.487 e. The number of rotatable bonds is 6. The van der Waals surface area contributed by atoms with Crippen LogP contribution in [0.2, 0.25) is 0 Å². The molecular weight excluding hydrogens is 326 g/mol. The topological polar surface area (TPSA) is 64.7 Å². The summed E-state index contributed by atoms with van der Waals surface area (Å²) in [6, 6.07) is 7.28. The molecule has 6 heteroatoms. The highest BCUT2D eigenvalue weighted by atomic mass is 79.9. The van der Waals surface area contributed by atoms with Crippen molar-refractivity contribution in [2.75, 3.05) is 7.11 Å². The maximum Gasteiger partial charge on any atom is 0.162 e. The van der Waals surface area contributed by atoms with E-state index in [-0.39, 0.29) is 6.61 Å². The molecule has 2 rings (SSSR count). The predicted molar refractivity (Wildman–Crippen MR) is 76.3 cm³/mol. The van der Waals surface area contributed by atoms with Gasteiger partial charge in [-0.15, -0.1) is 0 Å². The second kappa shape index (κ2) is 6.88. The molecular formula is C14H16BrNO4. The number of hydrogen-bond donors (Lipinski definition) is 1. The Morgan fingerprint density at radius 3 is 2.85 bits per heavy atom. The molecule has 0 aliphatic carbocycles. The van der Waals surface area contributed by atoms with Crippen LogP contribution in [0.5, 0.6) is 5.75 Å². The Bertz CT molecular complexity index is 568. The number of aliphatic hydroxyl groups is 1. The van der Waals surface area contributed by atoms with Gasteiger partial charge < -0.3 is 19.1 Å². The molecule has 0 bridgehead atoms. The summed E-state index contributed by atoms with van der Waals surface area (Å²) < 4.78 is 16.6. The molecule has 0 fully saturated rings. The van der Waals surface area contributed by atoms with Crippen LogP contribution in [-0.2, 0) is 18.0 Å². The summed E-state index contributed by atoms with van der Waals surface area (Å²) in [5.74, 6) is 1.27. The average molecular weight is 342 g/mol. The van der Waals surface area contributed by atoms with Crippen LogP contribution in [0.15, 0.2) is 33.3 Å². The number of halogens is 1. The van der Waals surface area contributed by atoms with Gasteiger partial charge in [0, 0.05) is 23.2 Å². The van der Waals surface area contributed by atoms with E-state index < -0.39 is 6.10 Å². The summed E-state index contributed by atoms with van der Waals surface area (Å²) in [7, 11) is 1.59. The molecule has 0 spiro atoms. The summed E-state index contributed by atoms with van der Waals surface area (Å²) in [4.78, 5) is 0. The molecule has 1 N–H and O–H groups in total. The van der Waals surface area contributed by atoms with Gasteiger partial charge in [0.05, 0.1) is 6.10 Å². The van der Waals surface area contributed by atoms with E-state index in [1.165, 1.54) is 0 Å². The second-order valence-electron chi connectivity index (χ2n) is 4.36. The fourth-order valence-electron chi connectivity index (χ4n) is 1.76. The number of ether oxygens (including phenoxy) is 2. The molecule has 108 valence electrons. The quantitative estimate of drug-likeness (QED) is 0.873. The van der Waals surface area contributed by atoms with Gasteiger partial charge in [-0.3, -0.25) is 0 Å². The summed E-state index contributed by atoms with van der Waals surface area (Å²) in [6.45, 7) is 2.34. The minimum absolute atomic E-state index is 0.267. The fourth-order valence-corrected chi connectivity index (χ4v) is 2.10. The molecule has 0 aliphatic heterocycles. The van der Waals surface area contributed by atoms with Crippen LogP contribution >= 0.6 is 15.9 Å². The lowest BCUT2D eigenvalue weighted by atomic mass is 10.1. The maximum absolute atomic E-state index is 9.72. The van der Waals surface area contributed by atoms with Gasteiger partial charge >= 0.3 is 0 Å². The molecule has 5 nitrogen and oxygen atoms in total. The summed E-state index contributed by atoms with van der Waals surface area (Å²) in [6.07, 6.45) is -0.598. The Hall–Kier alpha value is -1.37. The van der Waals surface area contributed by atoms with Crippen molar-refractivity contribution >= 4 is 15.9 Å². The van der Waals surface area contributed by atoms with Crippen molar-refractivity contribution in [1.29, 1.82) is 0 Å². The van der Waals surface area contributed by atoms with Crippen molar-refractivity contribution in [2.24, 2.45) is 0 Å². The first-order valence-corrected chi connectivity index (χ1v) is 6.93. The molecule has 1 heterocycles. The van der Waals surface area contributed by atoms with Gasteiger partial charge in [-0.05, 0) is 19.1 Å². The highest BCUT2D eigenvalue weighted by molar-refractivity contribution is 9.10. The van der Waals surface area contributed by atoms with Gasteiger partial charge in [-0.1, -0.05) is 27.2 Å². The zero-order chi connectivity index (χ0) is 14.5. The predicted octanol–water partition coefficient (Wildman–Crippen LogP) is 3.22. The third kappa shape index (κ3) is 3.82. The van der Waals surface area contributed by atoms with Crippen molar-refractivity contribution in [2.45, 2.75) is 26.2 Å². The SMILES string of the molecule is COCc1cc(COc2cc(Br)ccc2C(C)O)no1. The van der Waals surface area contributed by atoms with Crippen LogP contribution in [-0.4, -0.2) is 17.4 Å². The lowest BCUT2D eigenvalue weighted by Gasteiger charge is -2.13. The van der Waals surface area contributed by atoms with Crippen LogP contribution in [0.3, 0.4) is 0 Å². The van der Waals surface area contributed by atoms with Crippen LogP contribution in [0.4, 0.5) is 0 Å². The number of benzene rings is 1. The first-order chi connectivity index (χ1) is 9.60. The number of hydrogen-bond acceptors (Lipinski definition) is 5. The van der Waals surface area contributed by atoms with Gasteiger partial charge in [-0.2, -0.15) is 0 Å². The molecule has 0 saturated carbocycles. The molecule has 20 heavy (non-hydrogen) atoms. The highest BCUT2D eigenvalue weighted by Crippen LogP contribution is 2.29. The Morgan fingerprint density at radius 2 is 2.15 bits per heavy atom. The van der Waals surface area contributed by atoms with Crippen molar-refractivity contribution in [3.8, 4) is 5.75 Å². The van der Waals surface area contributed by atoms with Crippen LogP contribution in [0.25, 0.3) is 0 Å². The van der Waals surface area contributed by atoms with Crippen LogP contribution < -0.4 is 4.74 Å². The molecule has 1 atom stereocenters. The normalized spacial score (nSPS) is 12.4. The third-order valence-electron chi connectivity index (χ3n) is 2.70. The Kier molecular flexibility index (Phi) is 5.17. The average Bonchev–Trinajstić information content (AvgIpc) is 2.84. The Morgan fingerprint density at radius 1 is 1.35 bits per heavy atom. The Balaban J connectivity index is 2.07. The standard InChI is InChI=1S/C14H16BrNO4/c1-9(17)13-4-3-10(15)5-14(13)19-7-11-6-12(8-18-2)20-16-11/h3-6,9,17H,7-8H2,1-2H3. The number of nitrogens with zero attached hydrogens (tertiary/aromatic N) is 1. The fraction of sp³-hybridized carbons (Fsp3) is 0.357. The first-order valence-electron chi connectivity index (χ1n) is 6.14. The van der Waals surface area contributed by atoms with Gasteiger partial charge in [0.15, 0.2) is 5.76 Å². The minimum atomic E-state index is -0.598. The molecule has 1 unspecified atom stereocenters. The third-order valence-corrected chi connectivity index (χ3v) is 3.19. The summed E-state index contributed by atoms with van der Waals surface area (Å²) in [5, 5.41) is 13.6. The molecule has 2 aromatic rings. The molecule has 0 saturated heterocycles. The van der Waals surface area contributed by atoms with Gasteiger partial charge in [0.2, 0.25) is 0 Å². The van der Waals surface area contributed by atoms with Crippen molar-refractivity contribution in [3.63, 3.8) is 0 Å². The van der Waals surface area contributed by atoms with Crippen molar-refractivity contribution < 1.29 is 19.1 Å². The van der Waals surface area contributed by atoms with E-state index in [4.69, 9.17) is 14.0 Å². The monoisotopic (exact) mass is 341 g/mol. The lowest BCUT2D eigenvalue weighted by Crippen LogP contribution is -2.01. The smallest absolute Gasteiger partial charge is 0.162 e. The second-order valence-corrected chi connectivity index (χ2v) is 5.28. The van der Waals surface area contributed by atoms with E-state index in [1.54, 1.807) is 20.1 Å². The molecule has 0 amide bonds. The zero-order valence-electron chi connectivity index (χ0n) is 11.3. The van der Waals surface area contributed by atoms with Crippen LogP contribution in [0, 0.1) is 0 Å². The van der Waals surface area contributed by atoms with Crippen LogP contribution in [0.1, 0.15) is 30.0 Å². The number of methoxy groups -OCH3 is 1. The van der Waals surface area contributed by atoms with E-state index >= 15 is 0 Å². The number of aromatic nitrogens is 1. The molecule has 1 aromatic heterocycles. The van der Waals surface area contributed by atoms with E-state index in [1.807, 2.05) is 18.2 Å². The van der Waals surface area contributed by atoms with E-state index in [2.05, 4.69) is 21.1 Å². The molecule has 1 aromatic carbocycles. The van der Waals surface area contributed by atoms with E-state index in [9.17, 15) is 5.11 Å². The Labute approximate surface area is 125 Å². The lowest BCUT2D eigenvalue weighted by molar-refractivity contribution is 0.155. The van der Waals surface area contributed by atoms with E-state index in [0.717, 1.165) is 10.0 Å². The highest BCUT2D eigenvalue weighted by Gasteiger charge is 2.11. The number of aliphatic hydroxyl groups excluding tert-OH is 1. The zero-order valence-corrected chi connectivity index (χ0v) is 12.9. The minimum Gasteiger partial charge on any atom is -0.487 e. The van der Waals surface area contributed by atoms with Crippen molar-refractivity contribution in [3.05, 3.63) is 45.8 Å². The van der Waals surface area contributed by atoms with Gasteiger partial charge in [0.25, 0.3) is 0 Å². The molecule has 0 aliphatic rings. The van der Waals surface area contributed by atoms with Gasteiger partial charge in [-0.25, -0.2) is 0 Å². The summed E-state index contributed by atoms with van der Waals surface area (Å²) in [5.41, 5.74) is 1.40. The summed E-state index contributed by atoms with van der Waals surface area (Å²) >= 11 is 3.38.